The summed E-state index contributed by atoms with van der Waals surface area (Å²) in [7, 11) is 0. The lowest BCUT2D eigenvalue weighted by Gasteiger charge is -2.18. The molecule has 1 atom stereocenters. The molecule has 0 saturated carbocycles. The van der Waals surface area contributed by atoms with Gasteiger partial charge in [0.1, 0.15) is 6.10 Å². The molecule has 1 heterocycles. The van der Waals surface area contributed by atoms with E-state index in [1.807, 2.05) is 13.8 Å². The van der Waals surface area contributed by atoms with E-state index in [0.717, 1.165) is 34.1 Å². The van der Waals surface area contributed by atoms with Gasteiger partial charge < -0.3 is 5.11 Å². The molecular formula is C15H13BrF3NO. The maximum atomic E-state index is 13.0. The largest absolute Gasteiger partial charge is 0.416 e. The fourth-order valence-corrected chi connectivity index (χ4v) is 2.43. The fourth-order valence-electron chi connectivity index (χ4n) is 2.20. The Labute approximate surface area is 128 Å². The number of halogens is 4. The molecule has 0 radical (unpaired) electrons. The number of pyridine rings is 1. The van der Waals surface area contributed by atoms with Crippen LogP contribution in [0.4, 0.5) is 13.2 Å². The summed E-state index contributed by atoms with van der Waals surface area (Å²) in [6.45, 7) is 3.64. The highest BCUT2D eigenvalue weighted by molar-refractivity contribution is 9.10. The van der Waals surface area contributed by atoms with Crippen LogP contribution in [0.25, 0.3) is 0 Å². The molecule has 0 aliphatic carbocycles. The Hall–Kier alpha value is -1.40. The summed E-state index contributed by atoms with van der Waals surface area (Å²) in [6, 6.07) is 4.20. The van der Waals surface area contributed by atoms with Gasteiger partial charge in [0.2, 0.25) is 0 Å². The Kier molecular flexibility index (Phi) is 4.39. The molecule has 1 aromatic heterocycles. The van der Waals surface area contributed by atoms with Gasteiger partial charge in [-0.05, 0) is 36.6 Å². The average Bonchev–Trinajstić information content (AvgIpc) is 2.42. The smallest absolute Gasteiger partial charge is 0.384 e. The first kappa shape index (κ1) is 16.0. The number of aliphatic hydroxyl groups excluding tert-OH is 1. The number of hydrogen-bond donors (Lipinski definition) is 1. The summed E-state index contributed by atoms with van der Waals surface area (Å²) in [5, 5.41) is 10.3. The second-order valence-corrected chi connectivity index (χ2v) is 5.62. The van der Waals surface area contributed by atoms with E-state index in [2.05, 4.69) is 20.9 Å². The number of nitrogens with zero attached hydrogens (tertiary/aromatic N) is 1. The zero-order valence-electron chi connectivity index (χ0n) is 11.4. The van der Waals surface area contributed by atoms with Crippen molar-refractivity contribution in [2.24, 2.45) is 0 Å². The third-order valence-corrected chi connectivity index (χ3v) is 4.48. The van der Waals surface area contributed by atoms with Crippen molar-refractivity contribution in [3.05, 3.63) is 62.9 Å². The average molecular weight is 360 g/mol. The van der Waals surface area contributed by atoms with E-state index < -0.39 is 17.8 Å². The number of aryl methyl sites for hydroxylation is 2. The Bertz CT molecular complexity index is 647. The van der Waals surface area contributed by atoms with E-state index >= 15 is 0 Å². The predicted molar refractivity (Wildman–Crippen MR) is 76.9 cm³/mol. The molecule has 2 aromatic rings. The number of benzene rings is 1. The molecule has 0 bridgehead atoms. The molecule has 0 saturated heterocycles. The van der Waals surface area contributed by atoms with Gasteiger partial charge >= 0.3 is 6.18 Å². The Morgan fingerprint density at radius 2 is 1.76 bits per heavy atom. The van der Waals surface area contributed by atoms with Gasteiger partial charge in [0.05, 0.1) is 5.56 Å². The standard InChI is InChI=1S/C15H13BrF3NO/c1-8-5-10(6-9(2)13(8)16)14(21)11-7-20-4-3-12(11)15(17,18)19/h3-7,14,21H,1-2H3. The van der Waals surface area contributed by atoms with E-state index in [1.165, 1.54) is 0 Å². The molecule has 21 heavy (non-hydrogen) atoms. The number of rotatable bonds is 2. The summed E-state index contributed by atoms with van der Waals surface area (Å²) >= 11 is 3.39. The molecule has 0 aliphatic heterocycles. The van der Waals surface area contributed by atoms with Crippen molar-refractivity contribution in [2.45, 2.75) is 26.1 Å². The molecule has 1 N–H and O–H groups in total. The molecule has 6 heteroatoms. The van der Waals surface area contributed by atoms with Crippen molar-refractivity contribution in [2.75, 3.05) is 0 Å². The summed E-state index contributed by atoms with van der Waals surface area (Å²) in [6.07, 6.45) is -3.78. The van der Waals surface area contributed by atoms with E-state index in [4.69, 9.17) is 0 Å². The first-order valence-corrected chi connectivity index (χ1v) is 6.97. The van der Waals surface area contributed by atoms with Crippen molar-refractivity contribution in [3.8, 4) is 0 Å². The van der Waals surface area contributed by atoms with Gasteiger partial charge in [-0.1, -0.05) is 28.1 Å². The Morgan fingerprint density at radius 3 is 2.29 bits per heavy atom. The minimum absolute atomic E-state index is 0.244. The monoisotopic (exact) mass is 359 g/mol. The highest BCUT2D eigenvalue weighted by atomic mass is 79.9. The van der Waals surface area contributed by atoms with Crippen molar-refractivity contribution < 1.29 is 18.3 Å². The lowest BCUT2D eigenvalue weighted by Crippen LogP contribution is -2.13. The zero-order valence-corrected chi connectivity index (χ0v) is 13.0. The molecule has 112 valence electrons. The zero-order chi connectivity index (χ0) is 15.8. The topological polar surface area (TPSA) is 33.1 Å². The maximum absolute atomic E-state index is 13.0. The van der Waals surface area contributed by atoms with Crippen LogP contribution in [0, 0.1) is 13.8 Å². The van der Waals surface area contributed by atoms with Gasteiger partial charge in [0.25, 0.3) is 0 Å². The van der Waals surface area contributed by atoms with Gasteiger partial charge in [-0.25, -0.2) is 0 Å². The van der Waals surface area contributed by atoms with Crippen molar-refractivity contribution in [3.63, 3.8) is 0 Å². The molecule has 0 aliphatic rings. The molecule has 0 amide bonds. The van der Waals surface area contributed by atoms with Crippen molar-refractivity contribution in [1.82, 2.24) is 4.98 Å². The molecule has 2 nitrogen and oxygen atoms in total. The third kappa shape index (κ3) is 3.27. The van der Waals surface area contributed by atoms with Gasteiger partial charge in [0.15, 0.2) is 0 Å². The van der Waals surface area contributed by atoms with Crippen LogP contribution in [0.3, 0.4) is 0 Å². The fraction of sp³-hybridized carbons (Fsp3) is 0.267. The van der Waals surface area contributed by atoms with Crippen molar-refractivity contribution in [1.29, 1.82) is 0 Å². The Morgan fingerprint density at radius 1 is 1.19 bits per heavy atom. The first-order chi connectivity index (χ1) is 9.71. The highest BCUT2D eigenvalue weighted by Gasteiger charge is 2.35. The van der Waals surface area contributed by atoms with Crippen LogP contribution >= 0.6 is 15.9 Å². The predicted octanol–water partition coefficient (Wildman–Crippen LogP) is 4.56. The van der Waals surface area contributed by atoms with Crippen LogP contribution in [-0.4, -0.2) is 10.1 Å². The first-order valence-electron chi connectivity index (χ1n) is 6.17. The number of aliphatic hydroxyl groups is 1. The minimum Gasteiger partial charge on any atom is -0.384 e. The maximum Gasteiger partial charge on any atom is 0.416 e. The number of hydrogen-bond acceptors (Lipinski definition) is 2. The van der Waals surface area contributed by atoms with E-state index in [9.17, 15) is 18.3 Å². The summed E-state index contributed by atoms with van der Waals surface area (Å²) < 4.78 is 39.9. The number of aromatic nitrogens is 1. The van der Waals surface area contributed by atoms with E-state index in [0.29, 0.717) is 5.56 Å². The van der Waals surface area contributed by atoms with Gasteiger partial charge in [-0.15, -0.1) is 0 Å². The van der Waals surface area contributed by atoms with Gasteiger partial charge in [-0.2, -0.15) is 13.2 Å². The second kappa shape index (κ2) is 5.77. The number of alkyl halides is 3. The molecular weight excluding hydrogens is 347 g/mol. The second-order valence-electron chi connectivity index (χ2n) is 4.83. The SMILES string of the molecule is Cc1cc(C(O)c2cnccc2C(F)(F)F)cc(C)c1Br. The molecule has 2 rings (SSSR count). The normalized spacial score (nSPS) is 13.3. The molecule has 0 fully saturated rings. The van der Waals surface area contributed by atoms with Crippen LogP contribution in [0.5, 0.6) is 0 Å². The van der Waals surface area contributed by atoms with Crippen molar-refractivity contribution >= 4 is 15.9 Å². The molecule has 1 unspecified atom stereocenters. The lowest BCUT2D eigenvalue weighted by molar-refractivity contribution is -0.139. The molecule has 0 spiro atoms. The summed E-state index contributed by atoms with van der Waals surface area (Å²) in [4.78, 5) is 3.70. The highest BCUT2D eigenvalue weighted by Crippen LogP contribution is 2.37. The summed E-state index contributed by atoms with van der Waals surface area (Å²) in [5.74, 6) is 0. The Balaban J connectivity index is 2.53. The van der Waals surface area contributed by atoms with Gasteiger partial charge in [0, 0.05) is 22.4 Å². The summed E-state index contributed by atoms with van der Waals surface area (Å²) in [5.41, 5.74) is 0.990. The van der Waals surface area contributed by atoms with Crippen LogP contribution in [0.1, 0.15) is 33.9 Å². The quantitative estimate of drug-likeness (QED) is 0.852. The van der Waals surface area contributed by atoms with E-state index in [1.54, 1.807) is 12.1 Å². The van der Waals surface area contributed by atoms with E-state index in [-0.39, 0.29) is 5.56 Å². The third-order valence-electron chi connectivity index (χ3n) is 3.23. The van der Waals surface area contributed by atoms with Gasteiger partial charge in [-0.3, -0.25) is 4.98 Å². The molecule has 1 aromatic carbocycles. The lowest BCUT2D eigenvalue weighted by atomic mass is 9.96. The van der Waals surface area contributed by atoms with Crippen LogP contribution < -0.4 is 0 Å². The minimum atomic E-state index is -4.53. The van der Waals surface area contributed by atoms with Crippen LogP contribution in [-0.2, 0) is 6.18 Å². The van der Waals surface area contributed by atoms with Crippen LogP contribution in [0.15, 0.2) is 35.1 Å². The van der Waals surface area contributed by atoms with Crippen LogP contribution in [0.2, 0.25) is 0 Å².